The van der Waals surface area contributed by atoms with Gasteiger partial charge in [-0.05, 0) is 19.0 Å². The summed E-state index contributed by atoms with van der Waals surface area (Å²) in [6, 6.07) is 0. The number of aliphatic hydroxyl groups excluding tert-OH is 7. The van der Waals surface area contributed by atoms with Crippen LogP contribution >= 0.6 is 12.9 Å². The Morgan fingerprint density at radius 1 is 0.946 bits per heavy atom. The minimum Gasteiger partial charge on any atom is -0.481 e. The molecule has 1 fully saturated rings. The van der Waals surface area contributed by atoms with Crippen molar-refractivity contribution in [1.29, 1.82) is 0 Å². The minimum atomic E-state index is -2.35. The number of carboxylic acids is 3. The van der Waals surface area contributed by atoms with Gasteiger partial charge in [0, 0.05) is 0 Å². The highest BCUT2D eigenvalue weighted by molar-refractivity contribution is 7.75. The van der Waals surface area contributed by atoms with E-state index >= 15 is 0 Å². The van der Waals surface area contributed by atoms with Gasteiger partial charge in [0.1, 0.15) is 48.8 Å². The zero-order valence-electron chi connectivity index (χ0n) is 18.4. The molecule has 212 valence electrons. The smallest absolute Gasteiger partial charge is 0.371 e. The van der Waals surface area contributed by atoms with Crippen LogP contribution in [0.25, 0.3) is 0 Å². The number of aliphatic carboxylic acids is 3. The summed E-state index contributed by atoms with van der Waals surface area (Å²) in [6.07, 6.45) is -25.7. The molecule has 19 heteroatoms. The van der Waals surface area contributed by atoms with Gasteiger partial charge in [0.15, 0.2) is 18.7 Å². The van der Waals surface area contributed by atoms with Gasteiger partial charge in [0.05, 0.1) is 6.42 Å². The molecular weight excluding hydrogens is 536 g/mol. The van der Waals surface area contributed by atoms with Crippen molar-refractivity contribution in [2.75, 3.05) is 0 Å². The molecular formula is C18H26O18S. The van der Waals surface area contributed by atoms with Crippen molar-refractivity contribution in [3.05, 3.63) is 11.8 Å². The standard InChI is InChI=1S/C18H26O18S/c19-3-1-5(14(27)28)33-17(7(3)22)32-4(2-6(20)21)8(23)11(26)18(36-37)35-12-9(24)10(25)16(31)34-13(12)15(29)30/h1,3-4,7-13,16-19,22-26,31,37H,2H2,(H,20,21)(H,27,28)(H,29,30)/t3-,4-,7?,8?,9?,10?,11?,12-,13?,16?,17?,18-/m1/s1. The summed E-state index contributed by atoms with van der Waals surface area (Å²) >= 11 is 3.42. The van der Waals surface area contributed by atoms with E-state index in [0.29, 0.717) is 6.08 Å². The predicted octanol–water partition coefficient (Wildman–Crippen LogP) is -5.29. The van der Waals surface area contributed by atoms with Crippen LogP contribution in [-0.4, -0.2) is 143 Å². The molecule has 0 bridgehead atoms. The average molecular weight is 562 g/mol. The van der Waals surface area contributed by atoms with Crippen molar-refractivity contribution in [2.45, 2.75) is 80.2 Å². The molecule has 0 aliphatic carbocycles. The third-order valence-corrected chi connectivity index (χ3v) is 5.51. The monoisotopic (exact) mass is 562 g/mol. The fraction of sp³-hybridized carbons (Fsp3) is 0.722. The Hall–Kier alpha value is -2.14. The highest BCUT2D eigenvalue weighted by Crippen LogP contribution is 2.28. The summed E-state index contributed by atoms with van der Waals surface area (Å²) in [4.78, 5) is 33.9. The number of thiol groups is 1. The van der Waals surface area contributed by atoms with E-state index in [1.807, 2.05) is 0 Å². The molecule has 10 N–H and O–H groups in total. The molecule has 2 heterocycles. The van der Waals surface area contributed by atoms with Crippen LogP contribution in [0.5, 0.6) is 0 Å². The fourth-order valence-electron chi connectivity index (χ4n) is 3.38. The molecule has 0 radical (unpaired) electrons. The SMILES string of the molecule is O=C(O)C[C@@H](OC1OC(C(=O)O)=C[C@@H](O)C1O)C(O)C(O)[C@@H](OS)O[C@H]1C(C(=O)O)OC(O)C(O)C1O. The van der Waals surface area contributed by atoms with Crippen LogP contribution < -0.4 is 0 Å². The topological polar surface area (TPSA) is 300 Å². The van der Waals surface area contributed by atoms with Crippen molar-refractivity contribution >= 4 is 30.8 Å². The number of hydrogen-bond donors (Lipinski definition) is 11. The Balaban J connectivity index is 2.24. The second-order valence-electron chi connectivity index (χ2n) is 7.90. The van der Waals surface area contributed by atoms with Gasteiger partial charge in [-0.1, -0.05) is 0 Å². The maximum atomic E-state index is 11.4. The first-order valence-corrected chi connectivity index (χ1v) is 10.7. The Kier molecular flexibility index (Phi) is 11.0. The van der Waals surface area contributed by atoms with Gasteiger partial charge < -0.3 is 70.0 Å². The molecule has 0 spiro atoms. The molecule has 0 aromatic rings. The highest BCUT2D eigenvalue weighted by Gasteiger charge is 2.50. The normalized spacial score (nSPS) is 35.4. The number of carboxylic acid groups (broad SMARTS) is 3. The number of hydrogen-bond acceptors (Lipinski definition) is 16. The van der Waals surface area contributed by atoms with E-state index in [1.165, 1.54) is 0 Å². The molecule has 0 amide bonds. The molecule has 2 aliphatic rings. The van der Waals surface area contributed by atoms with Crippen LogP contribution in [-0.2, 0) is 37.5 Å². The Morgan fingerprint density at radius 2 is 1.57 bits per heavy atom. The van der Waals surface area contributed by atoms with Crippen molar-refractivity contribution in [3.63, 3.8) is 0 Å². The average Bonchev–Trinajstić information content (AvgIpc) is 2.82. The van der Waals surface area contributed by atoms with E-state index in [-0.39, 0.29) is 0 Å². The van der Waals surface area contributed by atoms with Crippen LogP contribution in [0.15, 0.2) is 11.8 Å². The van der Waals surface area contributed by atoms with E-state index in [4.69, 9.17) is 24.4 Å². The molecule has 0 aromatic carbocycles. The first-order chi connectivity index (χ1) is 17.2. The molecule has 0 saturated carbocycles. The summed E-state index contributed by atoms with van der Waals surface area (Å²) in [7, 11) is 0. The molecule has 0 aromatic heterocycles. The van der Waals surface area contributed by atoms with Crippen LogP contribution in [0, 0.1) is 0 Å². The van der Waals surface area contributed by atoms with Gasteiger partial charge in [-0.15, -0.1) is 0 Å². The number of aliphatic hydroxyl groups is 7. The maximum absolute atomic E-state index is 11.4. The summed E-state index contributed by atoms with van der Waals surface area (Å²) < 4.78 is 24.3. The van der Waals surface area contributed by atoms with E-state index in [1.54, 1.807) is 0 Å². The van der Waals surface area contributed by atoms with Crippen LogP contribution in [0.2, 0.25) is 0 Å². The quantitative estimate of drug-likeness (QED) is 0.0601. The lowest BCUT2D eigenvalue weighted by molar-refractivity contribution is -0.315. The van der Waals surface area contributed by atoms with Gasteiger partial charge >= 0.3 is 17.9 Å². The Morgan fingerprint density at radius 3 is 2.08 bits per heavy atom. The van der Waals surface area contributed by atoms with Gasteiger partial charge in [-0.25, -0.2) is 9.59 Å². The van der Waals surface area contributed by atoms with Gasteiger partial charge in [-0.2, -0.15) is 0 Å². The molecule has 12 atom stereocenters. The van der Waals surface area contributed by atoms with Gasteiger partial charge in [0.25, 0.3) is 0 Å². The summed E-state index contributed by atoms with van der Waals surface area (Å²) in [6.45, 7) is 0. The number of ether oxygens (including phenoxy) is 4. The molecule has 1 saturated heterocycles. The summed E-state index contributed by atoms with van der Waals surface area (Å²) in [5.41, 5.74) is 0. The third kappa shape index (κ3) is 7.46. The summed E-state index contributed by atoms with van der Waals surface area (Å²) in [5.74, 6) is -5.96. The zero-order valence-corrected chi connectivity index (χ0v) is 19.3. The predicted molar refractivity (Wildman–Crippen MR) is 111 cm³/mol. The van der Waals surface area contributed by atoms with Gasteiger partial charge in [-0.3, -0.25) is 8.98 Å². The van der Waals surface area contributed by atoms with Crippen molar-refractivity contribution in [1.82, 2.24) is 0 Å². The van der Waals surface area contributed by atoms with Crippen molar-refractivity contribution < 1.29 is 88.6 Å². The van der Waals surface area contributed by atoms with Crippen molar-refractivity contribution in [2.24, 2.45) is 0 Å². The zero-order chi connectivity index (χ0) is 28.2. The van der Waals surface area contributed by atoms with E-state index in [9.17, 15) is 55.2 Å². The Labute approximate surface area is 212 Å². The number of carbonyl (C=O) groups is 3. The van der Waals surface area contributed by atoms with Crippen LogP contribution in [0.1, 0.15) is 6.42 Å². The van der Waals surface area contributed by atoms with Crippen molar-refractivity contribution in [3.8, 4) is 0 Å². The summed E-state index contributed by atoms with van der Waals surface area (Å²) in [5, 5.41) is 97.9. The number of rotatable bonds is 12. The van der Waals surface area contributed by atoms with E-state index in [0.717, 1.165) is 0 Å². The Bertz CT molecular complexity index is 853. The van der Waals surface area contributed by atoms with Gasteiger partial charge in [0.2, 0.25) is 12.0 Å². The fourth-order valence-corrected chi connectivity index (χ4v) is 3.55. The lowest BCUT2D eigenvalue weighted by Gasteiger charge is -2.41. The molecule has 37 heavy (non-hydrogen) atoms. The highest BCUT2D eigenvalue weighted by atomic mass is 32.1. The molecule has 8 unspecified atom stereocenters. The molecule has 2 rings (SSSR count). The first-order valence-electron chi connectivity index (χ1n) is 10.3. The lowest BCUT2D eigenvalue weighted by atomic mass is 9.98. The van der Waals surface area contributed by atoms with Crippen LogP contribution in [0.4, 0.5) is 0 Å². The third-order valence-electron chi connectivity index (χ3n) is 5.30. The molecule has 18 nitrogen and oxygen atoms in total. The molecule has 2 aliphatic heterocycles. The first kappa shape index (κ1) is 31.1. The maximum Gasteiger partial charge on any atom is 0.371 e. The van der Waals surface area contributed by atoms with E-state index < -0.39 is 104 Å². The second kappa shape index (κ2) is 13.1. The second-order valence-corrected chi connectivity index (χ2v) is 8.11. The van der Waals surface area contributed by atoms with Crippen LogP contribution in [0.3, 0.4) is 0 Å². The minimum absolute atomic E-state index is 0.630. The lowest BCUT2D eigenvalue weighted by Crippen LogP contribution is -2.62. The largest absolute Gasteiger partial charge is 0.481 e. The van der Waals surface area contributed by atoms with E-state index in [2.05, 4.69) is 21.8 Å².